The molecule has 1 aromatic rings. The van der Waals surface area contributed by atoms with Crippen molar-refractivity contribution in [1.82, 2.24) is 9.80 Å². The Morgan fingerprint density at radius 2 is 2.04 bits per heavy atom. The summed E-state index contributed by atoms with van der Waals surface area (Å²) >= 11 is 0. The van der Waals surface area contributed by atoms with E-state index in [0.29, 0.717) is 26.3 Å². The molecule has 0 spiro atoms. The number of carbonyl (C=O) groups is 1. The lowest BCUT2D eigenvalue weighted by Crippen LogP contribution is -2.42. The van der Waals surface area contributed by atoms with Crippen molar-refractivity contribution in [3.05, 3.63) is 44.5 Å². The summed E-state index contributed by atoms with van der Waals surface area (Å²) in [4.78, 5) is 36.6. The Labute approximate surface area is 159 Å². The van der Waals surface area contributed by atoms with Crippen LogP contribution in [0, 0.1) is 32.1 Å². The van der Waals surface area contributed by atoms with Gasteiger partial charge in [0.05, 0.1) is 18.1 Å². The highest BCUT2D eigenvalue weighted by molar-refractivity contribution is 5.96. The Kier molecular flexibility index (Phi) is 5.68. The van der Waals surface area contributed by atoms with E-state index >= 15 is 0 Å². The van der Waals surface area contributed by atoms with Crippen LogP contribution in [0.2, 0.25) is 0 Å². The Bertz CT molecular complexity index is 814. The van der Waals surface area contributed by atoms with Gasteiger partial charge in [0.15, 0.2) is 5.03 Å². The predicted octanol–water partition coefficient (Wildman–Crippen LogP) is 1.54. The molecule has 2 unspecified atom stereocenters. The van der Waals surface area contributed by atoms with Gasteiger partial charge in [-0.15, -0.1) is 0 Å². The van der Waals surface area contributed by atoms with Gasteiger partial charge in [-0.2, -0.15) is 0 Å². The van der Waals surface area contributed by atoms with E-state index < -0.39 is 16.0 Å². The van der Waals surface area contributed by atoms with Crippen LogP contribution in [0.15, 0.2) is 29.4 Å². The van der Waals surface area contributed by atoms with Crippen molar-refractivity contribution in [2.24, 2.45) is 16.9 Å². The number of nitro groups is 2. The molecule has 2 atom stereocenters. The molecule has 2 fully saturated rings. The standard InChI is InChI=1S/C16H19N5O7/c1-11-9-27-10-12(11)8-18-6-7-19(15(18)17-21(25)26)16(22)28-14-5-3-2-4-13(14)20(23)24/h2-5,11-12H,6-10H2,1H3. The molecule has 3 rings (SSSR count). The van der Waals surface area contributed by atoms with Gasteiger partial charge in [0.25, 0.3) is 5.96 Å². The summed E-state index contributed by atoms with van der Waals surface area (Å²) in [5.74, 6) is 0.0508. The Hall–Kier alpha value is -3.28. The number of nitro benzene ring substituents is 1. The highest BCUT2D eigenvalue weighted by Crippen LogP contribution is 2.27. The molecule has 28 heavy (non-hydrogen) atoms. The number of carbonyl (C=O) groups excluding carboxylic acids is 1. The van der Waals surface area contributed by atoms with Gasteiger partial charge in [-0.25, -0.2) is 19.8 Å². The molecule has 0 aromatic heterocycles. The number of nitrogens with zero attached hydrogens (tertiary/aromatic N) is 5. The Balaban J connectivity index is 1.77. The number of hydrogen-bond donors (Lipinski definition) is 0. The molecule has 12 heteroatoms. The van der Waals surface area contributed by atoms with Gasteiger partial charge < -0.3 is 14.4 Å². The van der Waals surface area contributed by atoms with E-state index in [-0.39, 0.29) is 35.8 Å². The zero-order chi connectivity index (χ0) is 20.3. The van der Waals surface area contributed by atoms with E-state index in [1.54, 1.807) is 4.90 Å². The quantitative estimate of drug-likeness (QED) is 0.542. The van der Waals surface area contributed by atoms with Crippen LogP contribution in [0.4, 0.5) is 10.5 Å². The molecule has 2 aliphatic rings. The third-order valence-electron chi connectivity index (χ3n) is 4.74. The molecule has 1 aromatic carbocycles. The van der Waals surface area contributed by atoms with Gasteiger partial charge in [0.2, 0.25) is 5.75 Å². The molecule has 2 aliphatic heterocycles. The van der Waals surface area contributed by atoms with Crippen LogP contribution in [0.1, 0.15) is 6.92 Å². The molecule has 0 saturated carbocycles. The van der Waals surface area contributed by atoms with Crippen molar-refractivity contribution < 1.29 is 24.2 Å². The van der Waals surface area contributed by atoms with Crippen LogP contribution >= 0.6 is 0 Å². The first-order chi connectivity index (χ1) is 13.4. The van der Waals surface area contributed by atoms with Gasteiger partial charge in [-0.3, -0.25) is 10.1 Å². The first kappa shape index (κ1) is 19.5. The number of para-hydroxylation sites is 2. The highest BCUT2D eigenvalue weighted by atomic mass is 16.7. The van der Waals surface area contributed by atoms with Gasteiger partial charge in [-0.05, 0) is 12.0 Å². The first-order valence-electron chi connectivity index (χ1n) is 8.65. The Morgan fingerprint density at radius 3 is 2.68 bits per heavy atom. The summed E-state index contributed by atoms with van der Waals surface area (Å²) in [5, 5.41) is 24.5. The first-order valence-corrected chi connectivity index (χ1v) is 8.65. The van der Waals surface area contributed by atoms with Crippen LogP contribution in [0.3, 0.4) is 0 Å². The van der Waals surface area contributed by atoms with Crippen LogP contribution < -0.4 is 4.74 Å². The maximum absolute atomic E-state index is 12.6. The van der Waals surface area contributed by atoms with Gasteiger partial charge in [-0.1, -0.05) is 19.1 Å². The minimum Gasteiger partial charge on any atom is -0.402 e. The maximum Gasteiger partial charge on any atom is 0.422 e. The molecule has 0 bridgehead atoms. The maximum atomic E-state index is 12.6. The minimum atomic E-state index is -0.965. The highest BCUT2D eigenvalue weighted by Gasteiger charge is 2.38. The summed E-state index contributed by atoms with van der Waals surface area (Å²) in [6.07, 6.45) is -0.965. The van der Waals surface area contributed by atoms with E-state index in [0.717, 1.165) is 4.90 Å². The van der Waals surface area contributed by atoms with Gasteiger partial charge in [0.1, 0.15) is 5.10 Å². The van der Waals surface area contributed by atoms with Crippen molar-refractivity contribution in [1.29, 1.82) is 0 Å². The number of rotatable bonds is 5. The predicted molar refractivity (Wildman–Crippen MR) is 95.3 cm³/mol. The molecular weight excluding hydrogens is 374 g/mol. The molecule has 0 radical (unpaired) electrons. The third-order valence-corrected chi connectivity index (χ3v) is 4.74. The molecule has 0 aliphatic carbocycles. The minimum absolute atomic E-state index is 0.119. The second kappa shape index (κ2) is 8.17. The number of hydrogen-bond acceptors (Lipinski definition) is 7. The largest absolute Gasteiger partial charge is 0.422 e. The summed E-state index contributed by atoms with van der Waals surface area (Å²) in [7, 11) is 0. The number of hydrazone groups is 1. The summed E-state index contributed by atoms with van der Waals surface area (Å²) in [6, 6.07) is 5.41. The number of ether oxygens (including phenoxy) is 2. The number of benzene rings is 1. The lowest BCUT2D eigenvalue weighted by Gasteiger charge is -2.23. The number of amides is 1. The van der Waals surface area contributed by atoms with Crippen molar-refractivity contribution in [3.63, 3.8) is 0 Å². The smallest absolute Gasteiger partial charge is 0.402 e. The SMILES string of the molecule is CC1COCC1CN1CCN(C(=O)Oc2ccccc2[N+](=O)[O-])C1=N[N+](=O)[O-]. The van der Waals surface area contributed by atoms with Crippen LogP contribution in [-0.2, 0) is 4.74 Å². The van der Waals surface area contributed by atoms with Gasteiger partial charge in [0, 0.05) is 31.7 Å². The second-order valence-electron chi connectivity index (χ2n) is 6.60. The molecule has 0 N–H and O–H groups in total. The van der Waals surface area contributed by atoms with E-state index in [1.807, 2.05) is 6.92 Å². The molecule has 150 valence electrons. The monoisotopic (exact) mass is 393 g/mol. The lowest BCUT2D eigenvalue weighted by atomic mass is 9.98. The fourth-order valence-corrected chi connectivity index (χ4v) is 3.19. The average Bonchev–Trinajstić information content (AvgIpc) is 3.22. The summed E-state index contributed by atoms with van der Waals surface area (Å²) in [5.41, 5.74) is -0.378. The second-order valence-corrected chi connectivity index (χ2v) is 6.60. The van der Waals surface area contributed by atoms with Crippen molar-refractivity contribution >= 4 is 17.7 Å². The van der Waals surface area contributed by atoms with Gasteiger partial charge >= 0.3 is 11.8 Å². The van der Waals surface area contributed by atoms with Crippen molar-refractivity contribution in [2.75, 3.05) is 32.8 Å². The summed E-state index contributed by atoms with van der Waals surface area (Å²) in [6.45, 7) is 4.07. The third kappa shape index (κ3) is 4.17. The van der Waals surface area contributed by atoms with Crippen LogP contribution in [-0.4, -0.2) is 64.7 Å². The fourth-order valence-electron chi connectivity index (χ4n) is 3.19. The molecule has 2 heterocycles. The fraction of sp³-hybridized carbons (Fsp3) is 0.500. The molecular formula is C16H19N5O7. The zero-order valence-electron chi connectivity index (χ0n) is 15.1. The number of guanidine groups is 1. The molecule has 2 saturated heterocycles. The lowest BCUT2D eigenvalue weighted by molar-refractivity contribution is -0.486. The van der Waals surface area contributed by atoms with E-state index in [1.165, 1.54) is 24.3 Å². The van der Waals surface area contributed by atoms with Crippen molar-refractivity contribution in [3.8, 4) is 5.75 Å². The van der Waals surface area contributed by atoms with E-state index in [2.05, 4.69) is 5.10 Å². The topological polar surface area (TPSA) is 141 Å². The normalized spacial score (nSPS) is 23.2. The van der Waals surface area contributed by atoms with Crippen LogP contribution in [0.25, 0.3) is 0 Å². The summed E-state index contributed by atoms with van der Waals surface area (Å²) < 4.78 is 10.5. The van der Waals surface area contributed by atoms with Crippen LogP contribution in [0.5, 0.6) is 5.75 Å². The average molecular weight is 393 g/mol. The van der Waals surface area contributed by atoms with E-state index in [4.69, 9.17) is 9.47 Å². The molecule has 1 amide bonds. The molecule has 12 nitrogen and oxygen atoms in total. The zero-order valence-corrected chi connectivity index (χ0v) is 15.1. The van der Waals surface area contributed by atoms with Crippen molar-refractivity contribution in [2.45, 2.75) is 6.92 Å². The van der Waals surface area contributed by atoms with E-state index in [9.17, 15) is 25.0 Å². The Morgan fingerprint density at radius 1 is 1.29 bits per heavy atom.